The number of primary amides is 1. The number of aryl methyl sites for hydroxylation is 1. The van der Waals surface area contributed by atoms with Gasteiger partial charge in [0.15, 0.2) is 0 Å². The first kappa shape index (κ1) is 19.4. The van der Waals surface area contributed by atoms with Gasteiger partial charge < -0.3 is 10.5 Å². The average molecular weight is 386 g/mol. The number of alkyl halides is 3. The highest BCUT2D eigenvalue weighted by Crippen LogP contribution is 2.30. The quantitative estimate of drug-likeness (QED) is 0.688. The first-order valence-corrected chi connectivity index (χ1v) is 8.40. The van der Waals surface area contributed by atoms with Gasteiger partial charge in [0.25, 0.3) is 0 Å². The van der Waals surface area contributed by atoms with Crippen molar-refractivity contribution in [3.63, 3.8) is 0 Å². The smallest absolute Gasteiger partial charge is 0.416 e. The Bertz CT molecular complexity index is 999. The summed E-state index contributed by atoms with van der Waals surface area (Å²) in [4.78, 5) is 15.6. The normalized spacial score (nSPS) is 11.3. The van der Waals surface area contributed by atoms with E-state index >= 15 is 0 Å². The van der Waals surface area contributed by atoms with E-state index < -0.39 is 17.6 Å². The number of amides is 1. The molecular weight excluding hydrogens is 369 g/mol. The van der Waals surface area contributed by atoms with Crippen LogP contribution in [0.5, 0.6) is 5.75 Å². The predicted octanol–water partition coefficient (Wildman–Crippen LogP) is 4.75. The zero-order chi connectivity index (χ0) is 20.3. The van der Waals surface area contributed by atoms with Crippen molar-refractivity contribution >= 4 is 5.91 Å². The molecule has 0 saturated carbocycles. The lowest BCUT2D eigenvalue weighted by Crippen LogP contribution is -2.12. The predicted molar refractivity (Wildman–Crippen MR) is 98.7 cm³/mol. The van der Waals surface area contributed by atoms with E-state index in [1.165, 1.54) is 12.1 Å². The molecule has 3 rings (SSSR count). The second-order valence-corrected chi connectivity index (χ2v) is 6.24. The fourth-order valence-electron chi connectivity index (χ4n) is 2.75. The van der Waals surface area contributed by atoms with Crippen molar-refractivity contribution in [1.29, 1.82) is 0 Å². The number of nitrogens with two attached hydrogens (primary N) is 1. The molecule has 0 bridgehead atoms. The first-order valence-electron chi connectivity index (χ1n) is 8.40. The number of benzene rings is 2. The Morgan fingerprint density at radius 3 is 2.32 bits per heavy atom. The Morgan fingerprint density at radius 2 is 1.71 bits per heavy atom. The van der Waals surface area contributed by atoms with Gasteiger partial charge >= 0.3 is 6.18 Å². The molecule has 28 heavy (non-hydrogen) atoms. The fourth-order valence-corrected chi connectivity index (χ4v) is 2.75. The Hall–Kier alpha value is -3.35. The van der Waals surface area contributed by atoms with Crippen LogP contribution in [0, 0.1) is 6.92 Å². The van der Waals surface area contributed by atoms with Crippen molar-refractivity contribution in [2.45, 2.75) is 19.7 Å². The summed E-state index contributed by atoms with van der Waals surface area (Å²) in [5.74, 6) is -0.161. The van der Waals surface area contributed by atoms with E-state index in [0.29, 0.717) is 17.0 Å². The standard InChI is InChI=1S/C21H17F3N2O2/c1-13-10-14(2-7-19(13)20(25)27)15-8-9-26-17(11-15)12-28-18-5-3-16(4-6-18)21(22,23)24/h2-11H,12H2,1H3,(H2,25,27). The maximum Gasteiger partial charge on any atom is 0.416 e. The van der Waals surface area contributed by atoms with Gasteiger partial charge in [0.2, 0.25) is 5.91 Å². The SMILES string of the molecule is Cc1cc(-c2ccnc(COc3ccc(C(F)(F)F)cc3)c2)ccc1C(N)=O. The maximum absolute atomic E-state index is 12.6. The molecule has 0 atom stereocenters. The van der Waals surface area contributed by atoms with Crippen LogP contribution in [0.15, 0.2) is 60.8 Å². The summed E-state index contributed by atoms with van der Waals surface area (Å²) in [5.41, 5.74) is 8.21. The fraction of sp³-hybridized carbons (Fsp3) is 0.143. The molecule has 0 spiro atoms. The number of carbonyl (C=O) groups excluding carboxylic acids is 1. The van der Waals surface area contributed by atoms with Crippen LogP contribution in [0.1, 0.15) is 27.2 Å². The van der Waals surface area contributed by atoms with Crippen molar-refractivity contribution < 1.29 is 22.7 Å². The summed E-state index contributed by atoms with van der Waals surface area (Å²) in [6.07, 6.45) is -2.76. The van der Waals surface area contributed by atoms with Gasteiger partial charge in [-0.1, -0.05) is 12.1 Å². The van der Waals surface area contributed by atoms with E-state index in [-0.39, 0.29) is 6.61 Å². The minimum atomic E-state index is -4.38. The van der Waals surface area contributed by atoms with Crippen LogP contribution in [0.25, 0.3) is 11.1 Å². The summed E-state index contributed by atoms with van der Waals surface area (Å²) in [5, 5.41) is 0. The first-order chi connectivity index (χ1) is 13.2. The van der Waals surface area contributed by atoms with Crippen LogP contribution in [0.4, 0.5) is 13.2 Å². The molecule has 2 aromatic carbocycles. The lowest BCUT2D eigenvalue weighted by molar-refractivity contribution is -0.137. The van der Waals surface area contributed by atoms with E-state index in [1.807, 2.05) is 18.2 Å². The molecule has 0 fully saturated rings. The molecule has 0 radical (unpaired) electrons. The molecule has 2 N–H and O–H groups in total. The van der Waals surface area contributed by atoms with Crippen LogP contribution in [-0.4, -0.2) is 10.9 Å². The van der Waals surface area contributed by atoms with E-state index in [2.05, 4.69) is 4.98 Å². The van der Waals surface area contributed by atoms with E-state index in [9.17, 15) is 18.0 Å². The molecule has 1 heterocycles. The van der Waals surface area contributed by atoms with Gasteiger partial charge in [0.1, 0.15) is 12.4 Å². The number of halogens is 3. The molecule has 0 aliphatic carbocycles. The minimum Gasteiger partial charge on any atom is -0.487 e. The van der Waals surface area contributed by atoms with Crippen molar-refractivity contribution in [2.75, 3.05) is 0 Å². The maximum atomic E-state index is 12.6. The number of aromatic nitrogens is 1. The molecule has 0 unspecified atom stereocenters. The zero-order valence-corrected chi connectivity index (χ0v) is 15.0. The topological polar surface area (TPSA) is 65.2 Å². The van der Waals surface area contributed by atoms with Gasteiger partial charge in [0.05, 0.1) is 11.3 Å². The van der Waals surface area contributed by atoms with Gasteiger partial charge in [-0.05, 0) is 66.1 Å². The number of nitrogens with zero attached hydrogens (tertiary/aromatic N) is 1. The summed E-state index contributed by atoms with van der Waals surface area (Å²) in [6.45, 7) is 1.91. The number of carbonyl (C=O) groups is 1. The molecule has 0 aliphatic rings. The molecule has 0 saturated heterocycles. The van der Waals surface area contributed by atoms with Crippen molar-refractivity contribution in [2.24, 2.45) is 5.73 Å². The monoisotopic (exact) mass is 386 g/mol. The third kappa shape index (κ3) is 4.49. The summed E-state index contributed by atoms with van der Waals surface area (Å²) < 4.78 is 43.3. The number of hydrogen-bond acceptors (Lipinski definition) is 3. The molecule has 7 heteroatoms. The molecule has 0 aliphatic heterocycles. The Balaban J connectivity index is 1.73. The summed E-state index contributed by atoms with van der Waals surface area (Å²) >= 11 is 0. The lowest BCUT2D eigenvalue weighted by Gasteiger charge is -2.10. The summed E-state index contributed by atoms with van der Waals surface area (Å²) in [7, 11) is 0. The van der Waals surface area contributed by atoms with Crippen LogP contribution in [0.3, 0.4) is 0 Å². The molecule has 4 nitrogen and oxygen atoms in total. The van der Waals surface area contributed by atoms with E-state index in [1.54, 1.807) is 25.3 Å². The van der Waals surface area contributed by atoms with E-state index in [0.717, 1.165) is 28.8 Å². The molecule has 3 aromatic rings. The lowest BCUT2D eigenvalue weighted by atomic mass is 10.00. The number of pyridine rings is 1. The van der Waals surface area contributed by atoms with Crippen molar-refractivity contribution in [3.05, 3.63) is 83.2 Å². The van der Waals surface area contributed by atoms with Gasteiger partial charge in [-0.15, -0.1) is 0 Å². The highest BCUT2D eigenvalue weighted by Gasteiger charge is 2.30. The van der Waals surface area contributed by atoms with Crippen molar-refractivity contribution in [1.82, 2.24) is 4.98 Å². The second-order valence-electron chi connectivity index (χ2n) is 6.24. The minimum absolute atomic E-state index is 0.109. The van der Waals surface area contributed by atoms with E-state index in [4.69, 9.17) is 10.5 Å². The van der Waals surface area contributed by atoms with Crippen molar-refractivity contribution in [3.8, 4) is 16.9 Å². The number of rotatable bonds is 5. The largest absolute Gasteiger partial charge is 0.487 e. The third-order valence-electron chi connectivity index (χ3n) is 4.21. The van der Waals surface area contributed by atoms with Crippen LogP contribution in [0.2, 0.25) is 0 Å². The Morgan fingerprint density at radius 1 is 1.04 bits per heavy atom. The van der Waals surface area contributed by atoms with Gasteiger partial charge in [-0.25, -0.2) is 0 Å². The van der Waals surface area contributed by atoms with Gasteiger partial charge in [0, 0.05) is 11.8 Å². The van der Waals surface area contributed by atoms with Crippen LogP contribution >= 0.6 is 0 Å². The highest BCUT2D eigenvalue weighted by atomic mass is 19.4. The van der Waals surface area contributed by atoms with Gasteiger partial charge in [-0.3, -0.25) is 9.78 Å². The molecule has 144 valence electrons. The molecule has 1 amide bonds. The zero-order valence-electron chi connectivity index (χ0n) is 15.0. The second kappa shape index (κ2) is 7.72. The third-order valence-corrected chi connectivity index (χ3v) is 4.21. The van der Waals surface area contributed by atoms with Crippen LogP contribution < -0.4 is 10.5 Å². The van der Waals surface area contributed by atoms with Gasteiger partial charge in [-0.2, -0.15) is 13.2 Å². The Kier molecular flexibility index (Phi) is 5.35. The van der Waals surface area contributed by atoms with Crippen LogP contribution in [-0.2, 0) is 12.8 Å². The highest BCUT2D eigenvalue weighted by molar-refractivity contribution is 5.94. The Labute approximate surface area is 159 Å². The summed E-state index contributed by atoms with van der Waals surface area (Å²) in [6, 6.07) is 13.5. The number of hydrogen-bond donors (Lipinski definition) is 1. The number of ether oxygens (including phenoxy) is 1. The molecular formula is C21H17F3N2O2. The molecule has 1 aromatic heterocycles. The average Bonchev–Trinajstić information content (AvgIpc) is 2.66.